The molecule has 1 atom stereocenters. The smallest absolute Gasteiger partial charge is 0.211 e. The lowest BCUT2D eigenvalue weighted by Gasteiger charge is -2.33. The van der Waals surface area contributed by atoms with Crippen molar-refractivity contribution in [3.63, 3.8) is 0 Å². The van der Waals surface area contributed by atoms with Crippen LogP contribution in [0.3, 0.4) is 0 Å². The van der Waals surface area contributed by atoms with E-state index >= 15 is 0 Å². The van der Waals surface area contributed by atoms with Crippen LogP contribution in [0.4, 0.5) is 0 Å². The molecule has 1 aliphatic rings. The number of nitrogens with zero attached hydrogens (tertiary/aromatic N) is 2. The Labute approximate surface area is 98.3 Å². The van der Waals surface area contributed by atoms with Gasteiger partial charge in [-0.1, -0.05) is 6.92 Å². The van der Waals surface area contributed by atoms with Gasteiger partial charge in [0, 0.05) is 13.1 Å². The van der Waals surface area contributed by atoms with Gasteiger partial charge in [0.1, 0.15) is 0 Å². The maximum absolute atomic E-state index is 11.9. The molecule has 0 aromatic rings. The van der Waals surface area contributed by atoms with Crippen LogP contribution in [-0.4, -0.2) is 31.1 Å². The Balaban J connectivity index is 2.72. The molecule has 1 fully saturated rings. The Kier molecular flexibility index (Phi) is 4.34. The first kappa shape index (κ1) is 13.5. The van der Waals surface area contributed by atoms with Crippen molar-refractivity contribution in [3.05, 3.63) is 0 Å². The predicted molar refractivity (Wildman–Crippen MR) is 63.2 cm³/mol. The van der Waals surface area contributed by atoms with Gasteiger partial charge >= 0.3 is 0 Å². The maximum Gasteiger partial charge on any atom is 0.230 e. The first-order valence-corrected chi connectivity index (χ1v) is 7.26. The van der Waals surface area contributed by atoms with Crippen LogP contribution in [0.1, 0.15) is 39.5 Å². The maximum atomic E-state index is 11.9. The molecule has 0 aromatic carbocycles. The van der Waals surface area contributed by atoms with Crippen molar-refractivity contribution in [2.75, 3.05) is 7.05 Å². The molecule has 5 heteroatoms. The van der Waals surface area contributed by atoms with E-state index in [4.69, 9.17) is 5.26 Å². The summed E-state index contributed by atoms with van der Waals surface area (Å²) in [5, 5.41) is 7.76. The zero-order valence-electron chi connectivity index (χ0n) is 10.2. The number of nitriles is 1. The third-order valence-corrected chi connectivity index (χ3v) is 5.63. The molecule has 1 saturated carbocycles. The number of hydrogen-bond donors (Lipinski definition) is 0. The lowest BCUT2D eigenvalue weighted by atomic mass is 9.87. The van der Waals surface area contributed by atoms with E-state index in [1.54, 1.807) is 13.1 Å². The van der Waals surface area contributed by atoms with E-state index in [-0.39, 0.29) is 6.04 Å². The molecule has 0 aliphatic heterocycles. The molecule has 1 rings (SSSR count). The van der Waals surface area contributed by atoms with Crippen molar-refractivity contribution in [2.45, 2.75) is 50.8 Å². The summed E-state index contributed by atoms with van der Waals surface area (Å²) in [6, 6.07) is 1.88. The second kappa shape index (κ2) is 5.15. The molecule has 0 radical (unpaired) electrons. The van der Waals surface area contributed by atoms with Crippen molar-refractivity contribution >= 4 is 10.0 Å². The zero-order chi connectivity index (χ0) is 12.3. The van der Waals surface area contributed by atoms with Crippen molar-refractivity contribution in [1.82, 2.24) is 4.31 Å². The Bertz CT molecular complexity index is 364. The van der Waals surface area contributed by atoms with Crippen LogP contribution in [0.5, 0.6) is 0 Å². The van der Waals surface area contributed by atoms with Crippen LogP contribution >= 0.6 is 0 Å². The van der Waals surface area contributed by atoms with Crippen molar-refractivity contribution < 1.29 is 8.42 Å². The molecule has 4 nitrogen and oxygen atoms in total. The van der Waals surface area contributed by atoms with Gasteiger partial charge in [0.25, 0.3) is 0 Å². The van der Waals surface area contributed by atoms with Crippen LogP contribution in [0.25, 0.3) is 0 Å². The van der Waals surface area contributed by atoms with E-state index in [1.807, 2.05) is 0 Å². The molecular formula is C11H20N2O2S. The Morgan fingerprint density at radius 2 is 1.81 bits per heavy atom. The summed E-state index contributed by atoms with van der Waals surface area (Å²) in [5.74, 6) is 0.695. The fourth-order valence-electron chi connectivity index (χ4n) is 2.13. The SMILES string of the molecule is CC1CCC(N(C)S(=O)(=O)C(C)C#N)CC1. The van der Waals surface area contributed by atoms with Gasteiger partial charge in [-0.3, -0.25) is 0 Å². The van der Waals surface area contributed by atoms with Crippen molar-refractivity contribution in [2.24, 2.45) is 5.92 Å². The molecular weight excluding hydrogens is 224 g/mol. The third-order valence-electron chi connectivity index (χ3n) is 3.53. The summed E-state index contributed by atoms with van der Waals surface area (Å²) < 4.78 is 25.3. The standard InChI is InChI=1S/C11H20N2O2S/c1-9-4-6-11(7-5-9)13(3)16(14,15)10(2)8-12/h9-11H,4-7H2,1-3H3. The van der Waals surface area contributed by atoms with Gasteiger partial charge in [-0.2, -0.15) is 5.26 Å². The molecule has 0 N–H and O–H groups in total. The highest BCUT2D eigenvalue weighted by Crippen LogP contribution is 2.28. The average Bonchev–Trinajstić information content (AvgIpc) is 2.28. The second-order valence-electron chi connectivity index (χ2n) is 4.75. The molecule has 0 spiro atoms. The van der Waals surface area contributed by atoms with Gasteiger partial charge in [-0.25, -0.2) is 12.7 Å². The minimum atomic E-state index is -3.43. The molecule has 0 heterocycles. The molecule has 0 amide bonds. The molecule has 1 aliphatic carbocycles. The topological polar surface area (TPSA) is 61.2 Å². The van der Waals surface area contributed by atoms with Gasteiger partial charge < -0.3 is 0 Å². The quantitative estimate of drug-likeness (QED) is 0.759. The molecule has 0 bridgehead atoms. The van der Waals surface area contributed by atoms with E-state index < -0.39 is 15.3 Å². The van der Waals surface area contributed by atoms with Crippen molar-refractivity contribution in [1.29, 1.82) is 5.26 Å². The van der Waals surface area contributed by atoms with E-state index in [0.29, 0.717) is 5.92 Å². The van der Waals surface area contributed by atoms with Crippen LogP contribution in [0.2, 0.25) is 0 Å². The zero-order valence-corrected chi connectivity index (χ0v) is 11.0. The highest BCUT2D eigenvalue weighted by molar-refractivity contribution is 7.89. The Morgan fingerprint density at radius 3 is 2.25 bits per heavy atom. The van der Waals surface area contributed by atoms with Gasteiger partial charge in [0.2, 0.25) is 10.0 Å². The lowest BCUT2D eigenvalue weighted by Crippen LogP contribution is -2.42. The fourth-order valence-corrected chi connectivity index (χ4v) is 3.39. The van der Waals surface area contributed by atoms with Crippen LogP contribution in [0.15, 0.2) is 0 Å². The Hall–Kier alpha value is -0.600. The Morgan fingerprint density at radius 1 is 1.31 bits per heavy atom. The molecule has 1 unspecified atom stereocenters. The third kappa shape index (κ3) is 2.74. The lowest BCUT2D eigenvalue weighted by molar-refractivity contribution is 0.245. The fraction of sp³-hybridized carbons (Fsp3) is 0.909. The van der Waals surface area contributed by atoms with E-state index in [9.17, 15) is 8.42 Å². The summed E-state index contributed by atoms with van der Waals surface area (Å²) in [6.45, 7) is 3.64. The molecule has 92 valence electrons. The summed E-state index contributed by atoms with van der Waals surface area (Å²) >= 11 is 0. The largest absolute Gasteiger partial charge is 0.230 e. The predicted octanol–water partition coefficient (Wildman–Crippen LogP) is 1.74. The summed E-state index contributed by atoms with van der Waals surface area (Å²) in [6.07, 6.45) is 3.97. The van der Waals surface area contributed by atoms with Gasteiger partial charge in [-0.15, -0.1) is 0 Å². The second-order valence-corrected chi connectivity index (χ2v) is 7.06. The first-order valence-electron chi connectivity index (χ1n) is 5.76. The van der Waals surface area contributed by atoms with E-state index in [1.165, 1.54) is 11.2 Å². The number of hydrogen-bond acceptors (Lipinski definition) is 3. The monoisotopic (exact) mass is 244 g/mol. The highest BCUT2D eigenvalue weighted by Gasteiger charge is 2.32. The molecule has 16 heavy (non-hydrogen) atoms. The highest BCUT2D eigenvalue weighted by atomic mass is 32.2. The van der Waals surface area contributed by atoms with Gasteiger partial charge in [-0.05, 0) is 38.5 Å². The number of sulfonamides is 1. The van der Waals surface area contributed by atoms with Crippen LogP contribution in [0, 0.1) is 17.2 Å². The van der Waals surface area contributed by atoms with Gasteiger partial charge in [0.05, 0.1) is 6.07 Å². The minimum Gasteiger partial charge on any atom is -0.211 e. The van der Waals surface area contributed by atoms with Crippen LogP contribution in [-0.2, 0) is 10.0 Å². The number of rotatable bonds is 3. The van der Waals surface area contributed by atoms with Crippen LogP contribution < -0.4 is 0 Å². The minimum absolute atomic E-state index is 0.0806. The molecule has 0 saturated heterocycles. The summed E-state index contributed by atoms with van der Waals surface area (Å²) in [5.41, 5.74) is 0. The average molecular weight is 244 g/mol. The van der Waals surface area contributed by atoms with E-state index in [2.05, 4.69) is 6.92 Å². The van der Waals surface area contributed by atoms with E-state index in [0.717, 1.165) is 25.7 Å². The molecule has 0 aromatic heterocycles. The van der Waals surface area contributed by atoms with Gasteiger partial charge in [0.15, 0.2) is 5.25 Å². The van der Waals surface area contributed by atoms with Crippen molar-refractivity contribution in [3.8, 4) is 6.07 Å². The summed E-state index contributed by atoms with van der Waals surface area (Å²) in [7, 11) is -1.83. The summed E-state index contributed by atoms with van der Waals surface area (Å²) in [4.78, 5) is 0. The normalized spacial score (nSPS) is 28.7. The first-order chi connectivity index (χ1) is 7.39.